The van der Waals surface area contributed by atoms with Gasteiger partial charge in [0.15, 0.2) is 0 Å². The Bertz CT molecular complexity index is 352. The number of nitrogens with two attached hydrogens (primary N) is 1. The highest BCUT2D eigenvalue weighted by Gasteiger charge is 2.19. The van der Waals surface area contributed by atoms with Crippen LogP contribution in [0.15, 0.2) is 24.3 Å². The predicted molar refractivity (Wildman–Crippen MR) is 84.7 cm³/mol. The van der Waals surface area contributed by atoms with Crippen LogP contribution in [0.4, 0.5) is 0 Å². The van der Waals surface area contributed by atoms with E-state index in [0.29, 0.717) is 5.92 Å². The van der Waals surface area contributed by atoms with Gasteiger partial charge in [0.05, 0.1) is 0 Å². The molecular weight excluding hydrogens is 232 g/mol. The molecule has 0 aliphatic carbocycles. The van der Waals surface area contributed by atoms with Crippen LogP contribution in [-0.4, -0.2) is 19.6 Å². The second kappa shape index (κ2) is 7.66. The van der Waals surface area contributed by atoms with E-state index in [2.05, 4.69) is 57.3 Å². The van der Waals surface area contributed by atoms with Crippen LogP contribution < -0.4 is 11.1 Å². The van der Waals surface area contributed by atoms with Gasteiger partial charge in [0, 0.05) is 12.0 Å². The lowest BCUT2D eigenvalue weighted by molar-refractivity contribution is 0.464. The third-order valence-corrected chi connectivity index (χ3v) is 3.73. The molecule has 0 spiro atoms. The predicted octanol–water partition coefficient (Wildman–Crippen LogP) is 3.42. The summed E-state index contributed by atoms with van der Waals surface area (Å²) < 4.78 is 0. The number of benzene rings is 1. The van der Waals surface area contributed by atoms with E-state index in [0.717, 1.165) is 26.1 Å². The van der Waals surface area contributed by atoms with E-state index >= 15 is 0 Å². The fourth-order valence-corrected chi connectivity index (χ4v) is 2.22. The second-order valence-electron chi connectivity index (χ2n) is 6.33. The van der Waals surface area contributed by atoms with Crippen molar-refractivity contribution in [3.8, 4) is 0 Å². The van der Waals surface area contributed by atoms with Gasteiger partial charge in [0.2, 0.25) is 0 Å². The van der Waals surface area contributed by atoms with E-state index in [1.54, 1.807) is 0 Å². The zero-order chi connectivity index (χ0) is 14.3. The molecule has 0 heterocycles. The first-order valence-corrected chi connectivity index (χ1v) is 7.48. The van der Waals surface area contributed by atoms with Crippen LogP contribution in [0.3, 0.4) is 0 Å². The maximum Gasteiger partial charge on any atom is 0.00431 e. The van der Waals surface area contributed by atoms with Crippen LogP contribution >= 0.6 is 0 Å². The van der Waals surface area contributed by atoms with E-state index in [4.69, 9.17) is 5.73 Å². The summed E-state index contributed by atoms with van der Waals surface area (Å²) in [6, 6.07) is 9.07. The first-order valence-electron chi connectivity index (χ1n) is 7.48. The Morgan fingerprint density at radius 2 is 1.74 bits per heavy atom. The van der Waals surface area contributed by atoms with Gasteiger partial charge in [-0.2, -0.15) is 0 Å². The van der Waals surface area contributed by atoms with Crippen molar-refractivity contribution in [3.05, 3.63) is 35.4 Å². The molecular formula is C17H30N2. The van der Waals surface area contributed by atoms with Gasteiger partial charge in [0.1, 0.15) is 0 Å². The summed E-state index contributed by atoms with van der Waals surface area (Å²) in [7, 11) is 0. The normalized spacial score (nSPS) is 12.1. The smallest absolute Gasteiger partial charge is 0.00431 e. The zero-order valence-corrected chi connectivity index (χ0v) is 13.0. The molecule has 0 aliphatic rings. The molecule has 19 heavy (non-hydrogen) atoms. The van der Waals surface area contributed by atoms with Crippen molar-refractivity contribution in [2.24, 2.45) is 5.73 Å². The molecule has 0 amide bonds. The average Bonchev–Trinajstić information content (AvgIpc) is 2.38. The molecule has 2 nitrogen and oxygen atoms in total. The molecule has 3 N–H and O–H groups in total. The van der Waals surface area contributed by atoms with Gasteiger partial charge in [-0.05, 0) is 43.0 Å². The molecule has 1 aromatic carbocycles. The van der Waals surface area contributed by atoms with Gasteiger partial charge < -0.3 is 11.1 Å². The zero-order valence-electron chi connectivity index (χ0n) is 13.0. The van der Waals surface area contributed by atoms with Crippen LogP contribution in [0.2, 0.25) is 0 Å². The highest BCUT2D eigenvalue weighted by atomic mass is 14.9. The molecule has 1 aromatic rings. The molecule has 0 fully saturated rings. The van der Waals surface area contributed by atoms with Crippen LogP contribution in [-0.2, 0) is 5.41 Å². The molecule has 0 atom stereocenters. The summed E-state index contributed by atoms with van der Waals surface area (Å²) in [5.74, 6) is 0.603. The minimum atomic E-state index is 0.179. The number of unbranched alkanes of at least 4 members (excludes halogenated alkanes) is 1. The lowest BCUT2D eigenvalue weighted by Crippen LogP contribution is -2.33. The average molecular weight is 262 g/mol. The molecule has 108 valence electrons. The maximum atomic E-state index is 5.50. The molecule has 2 heteroatoms. The summed E-state index contributed by atoms with van der Waals surface area (Å²) in [6.07, 6.45) is 2.27. The Kier molecular flexibility index (Phi) is 6.53. The standard InChI is InChI=1S/C17H30N2/c1-14(2)15-7-9-16(10-8-15)17(3,4)13-19-12-6-5-11-18/h7-10,14,19H,5-6,11-13,18H2,1-4H3. The monoisotopic (exact) mass is 262 g/mol. The Morgan fingerprint density at radius 1 is 1.11 bits per heavy atom. The largest absolute Gasteiger partial charge is 0.330 e. The van der Waals surface area contributed by atoms with Gasteiger partial charge in [-0.25, -0.2) is 0 Å². The molecule has 0 saturated heterocycles. The Morgan fingerprint density at radius 3 is 2.26 bits per heavy atom. The molecule has 0 radical (unpaired) electrons. The molecule has 1 rings (SSSR count). The Hall–Kier alpha value is -0.860. The van der Waals surface area contributed by atoms with E-state index in [1.165, 1.54) is 17.5 Å². The minimum Gasteiger partial charge on any atom is -0.330 e. The molecule has 0 saturated carbocycles. The Balaban J connectivity index is 2.51. The van der Waals surface area contributed by atoms with Gasteiger partial charge >= 0.3 is 0 Å². The summed E-state index contributed by atoms with van der Waals surface area (Å²) in [6.45, 7) is 11.9. The fourth-order valence-electron chi connectivity index (χ4n) is 2.22. The van der Waals surface area contributed by atoms with Crippen molar-refractivity contribution >= 4 is 0 Å². The fraction of sp³-hybridized carbons (Fsp3) is 0.647. The number of hydrogen-bond donors (Lipinski definition) is 2. The van der Waals surface area contributed by atoms with E-state index < -0.39 is 0 Å². The summed E-state index contributed by atoms with van der Waals surface area (Å²) >= 11 is 0. The molecule has 0 aliphatic heterocycles. The first kappa shape index (κ1) is 16.2. The lowest BCUT2D eigenvalue weighted by Gasteiger charge is -2.26. The van der Waals surface area contributed by atoms with E-state index in [1.807, 2.05) is 0 Å². The van der Waals surface area contributed by atoms with E-state index in [9.17, 15) is 0 Å². The van der Waals surface area contributed by atoms with Crippen LogP contribution in [0.5, 0.6) is 0 Å². The summed E-state index contributed by atoms with van der Waals surface area (Å²) in [5, 5.41) is 3.54. The summed E-state index contributed by atoms with van der Waals surface area (Å²) in [4.78, 5) is 0. The van der Waals surface area contributed by atoms with Crippen molar-refractivity contribution in [2.45, 2.75) is 51.9 Å². The lowest BCUT2D eigenvalue weighted by atomic mass is 9.83. The van der Waals surface area contributed by atoms with Crippen molar-refractivity contribution in [3.63, 3.8) is 0 Å². The van der Waals surface area contributed by atoms with Gasteiger partial charge in [0.25, 0.3) is 0 Å². The van der Waals surface area contributed by atoms with Crippen LogP contribution in [0.25, 0.3) is 0 Å². The SMILES string of the molecule is CC(C)c1ccc(C(C)(C)CNCCCCN)cc1. The van der Waals surface area contributed by atoms with Gasteiger partial charge in [-0.1, -0.05) is 52.0 Å². The van der Waals surface area contributed by atoms with Crippen LogP contribution in [0, 0.1) is 0 Å². The highest BCUT2D eigenvalue weighted by molar-refractivity contribution is 5.29. The molecule has 0 unspecified atom stereocenters. The van der Waals surface area contributed by atoms with Gasteiger partial charge in [-0.15, -0.1) is 0 Å². The molecule has 0 aromatic heterocycles. The quantitative estimate of drug-likeness (QED) is 0.705. The third-order valence-electron chi connectivity index (χ3n) is 3.73. The van der Waals surface area contributed by atoms with Crippen molar-refractivity contribution in [1.82, 2.24) is 5.32 Å². The maximum absolute atomic E-state index is 5.50. The number of hydrogen-bond acceptors (Lipinski definition) is 2. The number of nitrogens with one attached hydrogen (secondary N) is 1. The van der Waals surface area contributed by atoms with Crippen molar-refractivity contribution in [1.29, 1.82) is 0 Å². The third kappa shape index (κ3) is 5.33. The van der Waals surface area contributed by atoms with Gasteiger partial charge in [-0.3, -0.25) is 0 Å². The molecule has 0 bridgehead atoms. The van der Waals surface area contributed by atoms with E-state index in [-0.39, 0.29) is 5.41 Å². The summed E-state index contributed by atoms with van der Waals surface area (Å²) in [5.41, 5.74) is 8.50. The first-order chi connectivity index (χ1) is 8.97. The number of rotatable bonds is 8. The Labute approximate surface area is 118 Å². The second-order valence-corrected chi connectivity index (χ2v) is 6.33. The highest BCUT2D eigenvalue weighted by Crippen LogP contribution is 2.24. The minimum absolute atomic E-state index is 0.179. The topological polar surface area (TPSA) is 38.0 Å². The van der Waals surface area contributed by atoms with Crippen molar-refractivity contribution < 1.29 is 0 Å². The van der Waals surface area contributed by atoms with Crippen LogP contribution in [0.1, 0.15) is 57.6 Å². The van der Waals surface area contributed by atoms with Crippen molar-refractivity contribution in [2.75, 3.05) is 19.6 Å².